The highest BCUT2D eigenvalue weighted by Crippen LogP contribution is 2.11. The molecular weight excluding hydrogens is 278 g/mol. The first-order valence-electron chi connectivity index (χ1n) is 6.10. The van der Waals surface area contributed by atoms with Gasteiger partial charge < -0.3 is 16.2 Å². The van der Waals surface area contributed by atoms with Gasteiger partial charge in [0, 0.05) is 12.0 Å². The lowest BCUT2D eigenvalue weighted by molar-refractivity contribution is -0.139. The van der Waals surface area contributed by atoms with Crippen molar-refractivity contribution in [3.63, 3.8) is 0 Å². The van der Waals surface area contributed by atoms with Crippen LogP contribution in [0.1, 0.15) is 23.2 Å². The van der Waals surface area contributed by atoms with E-state index in [4.69, 9.17) is 10.8 Å². The van der Waals surface area contributed by atoms with Crippen molar-refractivity contribution in [2.45, 2.75) is 18.9 Å². The number of nitrogens with one attached hydrogen (secondary N) is 2. The van der Waals surface area contributed by atoms with Gasteiger partial charge in [0.1, 0.15) is 17.1 Å². The molecule has 1 aromatic carbocycles. The first-order valence-corrected chi connectivity index (χ1v) is 6.10. The fourth-order valence-corrected chi connectivity index (χ4v) is 1.77. The van der Waals surface area contributed by atoms with Crippen LogP contribution in [0.4, 0.5) is 0 Å². The van der Waals surface area contributed by atoms with E-state index < -0.39 is 23.8 Å². The maximum absolute atomic E-state index is 12.0. The van der Waals surface area contributed by atoms with E-state index in [9.17, 15) is 14.4 Å². The molecule has 0 spiro atoms. The molecule has 1 aromatic heterocycles. The van der Waals surface area contributed by atoms with E-state index in [1.54, 1.807) is 6.07 Å². The summed E-state index contributed by atoms with van der Waals surface area (Å²) in [6.45, 7) is 0. The van der Waals surface area contributed by atoms with E-state index in [1.165, 1.54) is 12.1 Å². The van der Waals surface area contributed by atoms with Gasteiger partial charge in [0.05, 0.1) is 0 Å². The summed E-state index contributed by atoms with van der Waals surface area (Å²) in [6.07, 6.45) is -0.192. The van der Waals surface area contributed by atoms with Gasteiger partial charge in [-0.3, -0.25) is 9.59 Å². The highest BCUT2D eigenvalue weighted by molar-refractivity contribution is 5.99. The Kier molecular flexibility index (Phi) is 4.12. The van der Waals surface area contributed by atoms with Crippen molar-refractivity contribution in [1.82, 2.24) is 20.7 Å². The normalized spacial score (nSPS) is 12.0. The van der Waals surface area contributed by atoms with Gasteiger partial charge in [-0.25, -0.2) is 4.79 Å². The van der Waals surface area contributed by atoms with E-state index in [0.29, 0.717) is 11.0 Å². The lowest BCUT2D eigenvalue weighted by Crippen LogP contribution is -2.41. The van der Waals surface area contributed by atoms with E-state index in [0.717, 1.165) is 0 Å². The average molecular weight is 291 g/mol. The number of hydrogen-bond donors (Lipinski definition) is 4. The minimum absolute atomic E-state index is 0.0669. The van der Waals surface area contributed by atoms with Crippen LogP contribution in [0.5, 0.6) is 0 Å². The molecule has 2 amide bonds. The van der Waals surface area contributed by atoms with Crippen LogP contribution in [0.15, 0.2) is 18.2 Å². The summed E-state index contributed by atoms with van der Waals surface area (Å²) in [4.78, 5) is 33.8. The van der Waals surface area contributed by atoms with Crippen molar-refractivity contribution in [3.8, 4) is 0 Å². The van der Waals surface area contributed by atoms with Crippen LogP contribution < -0.4 is 11.1 Å². The van der Waals surface area contributed by atoms with Crippen LogP contribution in [0.3, 0.4) is 0 Å². The monoisotopic (exact) mass is 291 g/mol. The van der Waals surface area contributed by atoms with Crippen molar-refractivity contribution >= 4 is 28.8 Å². The number of carbonyl (C=O) groups excluding carboxylic acids is 2. The fourth-order valence-electron chi connectivity index (χ4n) is 1.77. The summed E-state index contributed by atoms with van der Waals surface area (Å²) < 4.78 is 0. The smallest absolute Gasteiger partial charge is 0.326 e. The molecule has 0 unspecified atom stereocenters. The van der Waals surface area contributed by atoms with Gasteiger partial charge in [0.15, 0.2) is 0 Å². The predicted molar refractivity (Wildman–Crippen MR) is 71.2 cm³/mol. The van der Waals surface area contributed by atoms with E-state index in [1.807, 2.05) is 0 Å². The number of amides is 2. The Balaban J connectivity index is 2.10. The zero-order valence-electron chi connectivity index (χ0n) is 10.9. The Morgan fingerprint density at radius 1 is 1.29 bits per heavy atom. The molecule has 0 radical (unpaired) electrons. The van der Waals surface area contributed by atoms with Crippen LogP contribution in [-0.4, -0.2) is 44.3 Å². The van der Waals surface area contributed by atoms with E-state index in [-0.39, 0.29) is 18.4 Å². The number of hydrogen-bond acceptors (Lipinski definition) is 5. The van der Waals surface area contributed by atoms with Crippen molar-refractivity contribution in [1.29, 1.82) is 0 Å². The second kappa shape index (κ2) is 5.99. The van der Waals surface area contributed by atoms with Gasteiger partial charge in [0.2, 0.25) is 5.91 Å². The number of benzene rings is 1. The molecule has 0 aliphatic carbocycles. The Labute approximate surface area is 118 Å². The molecular formula is C12H13N5O4. The minimum atomic E-state index is -1.23. The minimum Gasteiger partial charge on any atom is -0.480 e. The summed E-state index contributed by atoms with van der Waals surface area (Å²) in [7, 11) is 0. The first kappa shape index (κ1) is 14.4. The summed E-state index contributed by atoms with van der Waals surface area (Å²) in [6, 6.07) is 3.40. The molecule has 2 aromatic rings. The van der Waals surface area contributed by atoms with Crippen LogP contribution in [0.2, 0.25) is 0 Å². The van der Waals surface area contributed by atoms with Gasteiger partial charge in [-0.1, -0.05) is 0 Å². The summed E-state index contributed by atoms with van der Waals surface area (Å²) in [5.41, 5.74) is 6.31. The van der Waals surface area contributed by atoms with Crippen LogP contribution in [-0.2, 0) is 9.59 Å². The second-order valence-corrected chi connectivity index (χ2v) is 4.40. The molecule has 0 aliphatic rings. The molecule has 0 saturated carbocycles. The number of nitrogens with two attached hydrogens (primary N) is 1. The standard InChI is InChI=1S/C12H13N5O4/c13-10(18)4-3-8(12(20)21)14-11(19)6-1-2-7-9(5-6)16-17-15-7/h1-2,5,8H,3-4H2,(H2,13,18)(H,14,19)(H,20,21)(H,15,16,17)/t8-/m1/s1. The zero-order valence-corrected chi connectivity index (χ0v) is 10.9. The van der Waals surface area contributed by atoms with Crippen LogP contribution in [0, 0.1) is 0 Å². The molecule has 0 bridgehead atoms. The maximum atomic E-state index is 12.0. The summed E-state index contributed by atoms with van der Waals surface area (Å²) >= 11 is 0. The number of carboxylic acids is 1. The molecule has 1 heterocycles. The van der Waals surface area contributed by atoms with Gasteiger partial charge in [-0.2, -0.15) is 15.4 Å². The molecule has 9 nitrogen and oxygen atoms in total. The molecule has 2 rings (SSSR count). The third-order valence-electron chi connectivity index (χ3n) is 2.86. The van der Waals surface area contributed by atoms with Crippen molar-refractivity contribution in [2.75, 3.05) is 0 Å². The largest absolute Gasteiger partial charge is 0.480 e. The van der Waals surface area contributed by atoms with Crippen molar-refractivity contribution in [2.24, 2.45) is 5.73 Å². The number of primary amides is 1. The van der Waals surface area contributed by atoms with Gasteiger partial charge in [-0.05, 0) is 24.6 Å². The van der Waals surface area contributed by atoms with Crippen LogP contribution in [0.25, 0.3) is 11.0 Å². The number of carboxylic acid groups (broad SMARTS) is 1. The fraction of sp³-hybridized carbons (Fsp3) is 0.250. The molecule has 21 heavy (non-hydrogen) atoms. The number of aromatic amines is 1. The van der Waals surface area contributed by atoms with Crippen molar-refractivity contribution in [3.05, 3.63) is 23.8 Å². The molecule has 0 fully saturated rings. The molecule has 110 valence electrons. The lowest BCUT2D eigenvalue weighted by Gasteiger charge is -2.13. The molecule has 0 aliphatic heterocycles. The number of nitrogens with zero attached hydrogens (tertiary/aromatic N) is 2. The van der Waals surface area contributed by atoms with E-state index >= 15 is 0 Å². The van der Waals surface area contributed by atoms with Gasteiger partial charge >= 0.3 is 5.97 Å². The van der Waals surface area contributed by atoms with Gasteiger partial charge in [0.25, 0.3) is 5.91 Å². The quantitative estimate of drug-likeness (QED) is 0.558. The third-order valence-corrected chi connectivity index (χ3v) is 2.86. The Hall–Kier alpha value is -2.97. The Bertz CT molecular complexity index is 696. The summed E-state index contributed by atoms with van der Waals surface area (Å²) in [5, 5.41) is 21.5. The highest BCUT2D eigenvalue weighted by atomic mass is 16.4. The average Bonchev–Trinajstić information content (AvgIpc) is 2.89. The van der Waals surface area contributed by atoms with E-state index in [2.05, 4.69) is 20.7 Å². The molecule has 0 saturated heterocycles. The summed E-state index contributed by atoms with van der Waals surface area (Å²) in [5.74, 6) is -2.43. The maximum Gasteiger partial charge on any atom is 0.326 e. The second-order valence-electron chi connectivity index (χ2n) is 4.40. The van der Waals surface area contributed by atoms with Crippen molar-refractivity contribution < 1.29 is 19.5 Å². The number of aromatic nitrogens is 3. The number of carbonyl (C=O) groups is 3. The number of aliphatic carboxylic acids is 1. The first-order chi connectivity index (χ1) is 9.97. The predicted octanol–water partition coefficient (Wildman–Crippen LogP) is -0.594. The number of fused-ring (bicyclic) bond motifs is 1. The Morgan fingerprint density at radius 3 is 2.67 bits per heavy atom. The molecule has 9 heteroatoms. The Morgan fingerprint density at radius 2 is 2.00 bits per heavy atom. The number of H-pyrrole nitrogens is 1. The van der Waals surface area contributed by atoms with Crippen LogP contribution >= 0.6 is 0 Å². The SMILES string of the molecule is NC(=O)CC[C@@H](NC(=O)c1ccc2n[nH]nc2c1)C(=O)O. The van der Waals surface area contributed by atoms with Gasteiger partial charge in [-0.15, -0.1) is 0 Å². The molecule has 5 N–H and O–H groups in total. The zero-order chi connectivity index (χ0) is 15.4. The highest BCUT2D eigenvalue weighted by Gasteiger charge is 2.21. The topological polar surface area (TPSA) is 151 Å². The number of rotatable bonds is 6. The molecule has 1 atom stereocenters. The lowest BCUT2D eigenvalue weighted by atomic mass is 10.1. The third kappa shape index (κ3) is 3.53.